The molecule has 2 aromatic rings. The molecule has 20 heavy (non-hydrogen) atoms. The molecule has 0 saturated heterocycles. The quantitative estimate of drug-likeness (QED) is 0.434. The van der Waals surface area contributed by atoms with Crippen LogP contribution in [0.4, 0.5) is 10.1 Å². The van der Waals surface area contributed by atoms with Crippen LogP contribution in [-0.4, -0.2) is 4.92 Å². The Morgan fingerprint density at radius 3 is 2.60 bits per heavy atom. The summed E-state index contributed by atoms with van der Waals surface area (Å²) < 4.78 is 18.6. The standard InChI is InChI=1S/C13H8BrClFNO3/c14-7-8-5-10(16)2-4-12(8)20-13-3-1-9(15)6-11(13)17(18)19/h1-6H,7H2. The Hall–Kier alpha value is -1.66. The fourth-order valence-electron chi connectivity index (χ4n) is 1.59. The summed E-state index contributed by atoms with van der Waals surface area (Å²) in [6, 6.07) is 8.04. The van der Waals surface area contributed by atoms with E-state index in [0.717, 1.165) is 0 Å². The molecule has 4 nitrogen and oxygen atoms in total. The van der Waals surface area contributed by atoms with Crippen molar-refractivity contribution in [2.75, 3.05) is 0 Å². The molecule has 0 fully saturated rings. The number of hydrogen-bond acceptors (Lipinski definition) is 3. The fraction of sp³-hybridized carbons (Fsp3) is 0.0769. The third-order valence-electron chi connectivity index (χ3n) is 2.50. The van der Waals surface area contributed by atoms with Gasteiger partial charge in [-0.15, -0.1) is 0 Å². The minimum Gasteiger partial charge on any atom is -0.450 e. The lowest BCUT2D eigenvalue weighted by molar-refractivity contribution is -0.385. The minimum absolute atomic E-state index is 0.0493. The van der Waals surface area contributed by atoms with Crippen LogP contribution in [0.2, 0.25) is 5.02 Å². The van der Waals surface area contributed by atoms with Gasteiger partial charge in [0.05, 0.1) is 4.92 Å². The molecule has 0 aliphatic carbocycles. The normalized spacial score (nSPS) is 10.3. The zero-order valence-electron chi connectivity index (χ0n) is 9.98. The first-order valence-electron chi connectivity index (χ1n) is 5.47. The van der Waals surface area contributed by atoms with Gasteiger partial charge in [0.2, 0.25) is 5.75 Å². The van der Waals surface area contributed by atoms with Crippen LogP contribution in [0.15, 0.2) is 36.4 Å². The van der Waals surface area contributed by atoms with Crippen LogP contribution in [0.25, 0.3) is 0 Å². The maximum absolute atomic E-state index is 13.1. The Balaban J connectivity index is 2.42. The van der Waals surface area contributed by atoms with Gasteiger partial charge in [-0.05, 0) is 30.3 Å². The summed E-state index contributed by atoms with van der Waals surface area (Å²) in [5.41, 5.74) is 0.302. The maximum Gasteiger partial charge on any atom is 0.313 e. The van der Waals surface area contributed by atoms with Gasteiger partial charge < -0.3 is 4.74 Å². The van der Waals surface area contributed by atoms with Gasteiger partial charge in [0.25, 0.3) is 0 Å². The lowest BCUT2D eigenvalue weighted by Gasteiger charge is -2.10. The molecule has 0 saturated carbocycles. The number of alkyl halides is 1. The summed E-state index contributed by atoms with van der Waals surface area (Å²) >= 11 is 8.94. The maximum atomic E-state index is 13.1. The molecule has 0 bridgehead atoms. The zero-order valence-corrected chi connectivity index (χ0v) is 12.3. The Morgan fingerprint density at radius 1 is 1.25 bits per heavy atom. The summed E-state index contributed by atoms with van der Waals surface area (Å²) in [7, 11) is 0. The van der Waals surface area contributed by atoms with Crippen LogP contribution >= 0.6 is 27.5 Å². The van der Waals surface area contributed by atoms with Gasteiger partial charge in [-0.1, -0.05) is 27.5 Å². The topological polar surface area (TPSA) is 52.4 Å². The average Bonchev–Trinajstić information content (AvgIpc) is 2.42. The molecule has 0 N–H and O–H groups in total. The molecule has 2 rings (SSSR count). The van der Waals surface area contributed by atoms with Crippen LogP contribution < -0.4 is 4.74 Å². The number of halogens is 3. The van der Waals surface area contributed by atoms with E-state index in [0.29, 0.717) is 16.6 Å². The molecule has 0 unspecified atom stereocenters. The van der Waals surface area contributed by atoms with E-state index in [4.69, 9.17) is 16.3 Å². The van der Waals surface area contributed by atoms with Crippen molar-refractivity contribution in [1.82, 2.24) is 0 Å². The fourth-order valence-corrected chi connectivity index (χ4v) is 2.19. The molecule has 0 aromatic heterocycles. The highest BCUT2D eigenvalue weighted by atomic mass is 79.9. The number of ether oxygens (including phenoxy) is 1. The van der Waals surface area contributed by atoms with E-state index in [9.17, 15) is 14.5 Å². The summed E-state index contributed by atoms with van der Waals surface area (Å²) in [4.78, 5) is 10.4. The Bertz CT molecular complexity index is 666. The second-order valence-corrected chi connectivity index (χ2v) is 4.85. The van der Waals surface area contributed by atoms with Crippen LogP contribution in [0.5, 0.6) is 11.5 Å². The first-order valence-corrected chi connectivity index (χ1v) is 6.97. The second kappa shape index (κ2) is 6.19. The largest absolute Gasteiger partial charge is 0.450 e. The first kappa shape index (κ1) is 14.7. The molecule has 0 atom stereocenters. The molecule has 0 spiro atoms. The van der Waals surface area contributed by atoms with Crippen molar-refractivity contribution in [3.8, 4) is 11.5 Å². The molecule has 2 aromatic carbocycles. The molecular weight excluding hydrogens is 353 g/mol. The van der Waals surface area contributed by atoms with E-state index in [2.05, 4.69) is 15.9 Å². The molecule has 7 heteroatoms. The van der Waals surface area contributed by atoms with Crippen molar-refractivity contribution in [3.63, 3.8) is 0 Å². The molecule has 0 radical (unpaired) electrons. The Kier molecular flexibility index (Phi) is 4.57. The highest BCUT2D eigenvalue weighted by Gasteiger charge is 2.17. The van der Waals surface area contributed by atoms with Crippen molar-refractivity contribution in [2.45, 2.75) is 5.33 Å². The van der Waals surface area contributed by atoms with Crippen molar-refractivity contribution in [3.05, 3.63) is 62.9 Å². The summed E-state index contributed by atoms with van der Waals surface area (Å²) in [5.74, 6) is -0.0145. The van der Waals surface area contributed by atoms with Crippen molar-refractivity contribution in [1.29, 1.82) is 0 Å². The van der Waals surface area contributed by atoms with Gasteiger partial charge in [-0.3, -0.25) is 10.1 Å². The number of nitro groups is 1. The predicted molar refractivity (Wildman–Crippen MR) is 77.2 cm³/mol. The number of hydrogen-bond donors (Lipinski definition) is 0. The zero-order chi connectivity index (χ0) is 14.7. The van der Waals surface area contributed by atoms with Crippen LogP contribution in [0, 0.1) is 15.9 Å². The van der Waals surface area contributed by atoms with E-state index in [-0.39, 0.29) is 16.5 Å². The average molecular weight is 361 g/mol. The third-order valence-corrected chi connectivity index (χ3v) is 3.34. The summed E-state index contributed by atoms with van der Waals surface area (Å²) in [5, 5.41) is 11.6. The lowest BCUT2D eigenvalue weighted by atomic mass is 10.2. The first-order chi connectivity index (χ1) is 9.51. The predicted octanol–water partition coefficient (Wildman–Crippen LogP) is 5.07. The molecule has 0 aliphatic rings. The minimum atomic E-state index is -0.585. The number of benzene rings is 2. The number of nitro benzene ring substituents is 1. The van der Waals surface area contributed by atoms with E-state index in [1.807, 2.05) is 0 Å². The highest BCUT2D eigenvalue weighted by Crippen LogP contribution is 2.35. The van der Waals surface area contributed by atoms with Crippen molar-refractivity contribution >= 4 is 33.2 Å². The second-order valence-electron chi connectivity index (χ2n) is 3.86. The van der Waals surface area contributed by atoms with Gasteiger partial charge in [-0.25, -0.2) is 4.39 Å². The molecular formula is C13H8BrClFNO3. The molecule has 0 amide bonds. The van der Waals surface area contributed by atoms with Gasteiger partial charge in [0, 0.05) is 22.0 Å². The summed E-state index contributed by atoms with van der Waals surface area (Å²) in [6.07, 6.45) is 0. The van der Waals surface area contributed by atoms with E-state index < -0.39 is 10.7 Å². The molecule has 104 valence electrons. The van der Waals surface area contributed by atoms with Crippen molar-refractivity contribution in [2.24, 2.45) is 0 Å². The van der Waals surface area contributed by atoms with Crippen LogP contribution in [0.3, 0.4) is 0 Å². The SMILES string of the molecule is O=[N+]([O-])c1cc(Cl)ccc1Oc1ccc(F)cc1CBr. The monoisotopic (exact) mass is 359 g/mol. The van der Waals surface area contributed by atoms with Gasteiger partial charge in [0.15, 0.2) is 0 Å². The van der Waals surface area contributed by atoms with E-state index in [1.54, 1.807) is 0 Å². The smallest absolute Gasteiger partial charge is 0.313 e. The Labute approximate surface area is 127 Å². The van der Waals surface area contributed by atoms with E-state index >= 15 is 0 Å². The van der Waals surface area contributed by atoms with Gasteiger partial charge >= 0.3 is 5.69 Å². The van der Waals surface area contributed by atoms with E-state index in [1.165, 1.54) is 36.4 Å². The Morgan fingerprint density at radius 2 is 1.95 bits per heavy atom. The van der Waals surface area contributed by atoms with Crippen LogP contribution in [0.1, 0.15) is 5.56 Å². The number of nitrogens with zero attached hydrogens (tertiary/aromatic N) is 1. The molecule has 0 aliphatic heterocycles. The third kappa shape index (κ3) is 3.26. The van der Waals surface area contributed by atoms with Crippen molar-refractivity contribution < 1.29 is 14.1 Å². The molecule has 0 heterocycles. The summed E-state index contributed by atoms with van der Waals surface area (Å²) in [6.45, 7) is 0. The van der Waals surface area contributed by atoms with Crippen LogP contribution in [-0.2, 0) is 5.33 Å². The lowest BCUT2D eigenvalue weighted by Crippen LogP contribution is -1.95. The number of rotatable bonds is 4. The highest BCUT2D eigenvalue weighted by molar-refractivity contribution is 9.08. The van der Waals surface area contributed by atoms with Gasteiger partial charge in [-0.2, -0.15) is 0 Å². The van der Waals surface area contributed by atoms with Gasteiger partial charge in [0.1, 0.15) is 11.6 Å².